The van der Waals surface area contributed by atoms with E-state index >= 15 is 0 Å². The predicted molar refractivity (Wildman–Crippen MR) is 138 cm³/mol. The summed E-state index contributed by atoms with van der Waals surface area (Å²) in [4.78, 5) is 13.5. The lowest BCUT2D eigenvalue weighted by Gasteiger charge is -2.10. The van der Waals surface area contributed by atoms with Crippen LogP contribution in [0.1, 0.15) is 16.1 Å². The van der Waals surface area contributed by atoms with E-state index in [0.717, 1.165) is 16.8 Å². The molecule has 1 amide bonds. The highest BCUT2D eigenvalue weighted by molar-refractivity contribution is 6.07. The summed E-state index contributed by atoms with van der Waals surface area (Å²) in [5.41, 5.74) is 4.30. The van der Waals surface area contributed by atoms with Crippen LogP contribution in [-0.2, 0) is 6.54 Å². The zero-order valence-corrected chi connectivity index (χ0v) is 20.0. The van der Waals surface area contributed by atoms with Gasteiger partial charge < -0.3 is 14.8 Å². The summed E-state index contributed by atoms with van der Waals surface area (Å²) in [6.07, 6.45) is 5.49. The number of rotatable bonds is 8. The van der Waals surface area contributed by atoms with Crippen LogP contribution in [0.2, 0.25) is 0 Å². The predicted octanol–water partition coefficient (Wildman–Crippen LogP) is 5.05. The smallest absolute Gasteiger partial charge is 0.276 e. The Morgan fingerprint density at radius 1 is 0.917 bits per heavy atom. The van der Waals surface area contributed by atoms with E-state index in [1.165, 1.54) is 0 Å². The maximum atomic E-state index is 13.5. The van der Waals surface area contributed by atoms with Crippen molar-refractivity contribution in [2.24, 2.45) is 0 Å². The molecule has 0 radical (unpaired) electrons. The normalized spacial score (nSPS) is 10.7. The minimum Gasteiger partial charge on any atom is -0.493 e. The molecule has 0 spiro atoms. The SMILES string of the molecule is COc1ccc(-c2cn(-c3ccccc3)nc2C(=O)Nc2cccc(Cn3cccn3)c2)cc1OC. The van der Waals surface area contributed by atoms with E-state index in [1.54, 1.807) is 25.1 Å². The Hall–Kier alpha value is -4.85. The Morgan fingerprint density at radius 2 is 1.75 bits per heavy atom. The van der Waals surface area contributed by atoms with Gasteiger partial charge >= 0.3 is 0 Å². The summed E-state index contributed by atoms with van der Waals surface area (Å²) in [7, 11) is 3.17. The van der Waals surface area contributed by atoms with Gasteiger partial charge in [0.15, 0.2) is 17.2 Å². The number of hydrogen-bond donors (Lipinski definition) is 1. The number of methoxy groups -OCH3 is 2. The first kappa shape index (κ1) is 22.9. The second-order valence-corrected chi connectivity index (χ2v) is 8.10. The van der Waals surface area contributed by atoms with Gasteiger partial charge in [0, 0.05) is 29.8 Å². The molecule has 0 atom stereocenters. The number of benzene rings is 3. The highest BCUT2D eigenvalue weighted by Crippen LogP contribution is 2.34. The minimum absolute atomic E-state index is 0.295. The average Bonchev–Trinajstić information content (AvgIpc) is 3.59. The molecular formula is C28H25N5O3. The minimum atomic E-state index is -0.314. The summed E-state index contributed by atoms with van der Waals surface area (Å²) < 4.78 is 14.4. The van der Waals surface area contributed by atoms with Crippen LogP contribution in [0, 0.1) is 0 Å². The van der Waals surface area contributed by atoms with Crippen molar-refractivity contribution in [1.29, 1.82) is 0 Å². The molecule has 1 N–H and O–H groups in total. The van der Waals surface area contributed by atoms with Crippen molar-refractivity contribution in [3.8, 4) is 28.3 Å². The third kappa shape index (κ3) is 4.83. The zero-order valence-electron chi connectivity index (χ0n) is 20.0. The van der Waals surface area contributed by atoms with Crippen molar-refractivity contribution in [2.75, 3.05) is 19.5 Å². The molecule has 0 saturated carbocycles. The molecule has 180 valence electrons. The third-order valence-electron chi connectivity index (χ3n) is 5.73. The first-order valence-corrected chi connectivity index (χ1v) is 11.4. The summed E-state index contributed by atoms with van der Waals surface area (Å²) in [6, 6.07) is 24.8. The molecule has 0 aliphatic carbocycles. The van der Waals surface area contributed by atoms with Gasteiger partial charge in [0.2, 0.25) is 0 Å². The van der Waals surface area contributed by atoms with Crippen LogP contribution in [0.15, 0.2) is 97.5 Å². The number of nitrogens with zero attached hydrogens (tertiary/aromatic N) is 4. The number of anilines is 1. The van der Waals surface area contributed by atoms with Crippen molar-refractivity contribution in [1.82, 2.24) is 19.6 Å². The van der Waals surface area contributed by atoms with E-state index in [4.69, 9.17) is 9.47 Å². The molecule has 0 fully saturated rings. The molecule has 0 unspecified atom stereocenters. The number of aromatic nitrogens is 4. The number of carbonyl (C=O) groups is 1. The Balaban J connectivity index is 1.50. The fourth-order valence-electron chi connectivity index (χ4n) is 3.99. The highest BCUT2D eigenvalue weighted by Gasteiger charge is 2.20. The van der Waals surface area contributed by atoms with Gasteiger partial charge in [-0.25, -0.2) is 4.68 Å². The highest BCUT2D eigenvalue weighted by atomic mass is 16.5. The molecule has 0 saturated heterocycles. The standard InChI is InChI=1S/C28H25N5O3/c1-35-25-13-12-21(17-26(25)36-2)24-19-33(23-10-4-3-5-11-23)31-27(24)28(34)30-22-9-6-8-20(16-22)18-32-15-7-14-29-32/h3-17,19H,18H2,1-2H3,(H,30,34). The average molecular weight is 480 g/mol. The van der Waals surface area contributed by atoms with E-state index in [1.807, 2.05) is 95.9 Å². The number of ether oxygens (including phenoxy) is 2. The van der Waals surface area contributed by atoms with Gasteiger partial charge in [0.25, 0.3) is 5.91 Å². The second kappa shape index (κ2) is 10.2. The van der Waals surface area contributed by atoms with Crippen LogP contribution in [0.5, 0.6) is 11.5 Å². The van der Waals surface area contributed by atoms with Crippen molar-refractivity contribution in [2.45, 2.75) is 6.54 Å². The Kier molecular flexibility index (Phi) is 6.48. The van der Waals surface area contributed by atoms with E-state index in [9.17, 15) is 4.79 Å². The van der Waals surface area contributed by atoms with Gasteiger partial charge in [-0.05, 0) is 53.6 Å². The van der Waals surface area contributed by atoms with Crippen LogP contribution in [-0.4, -0.2) is 39.7 Å². The summed E-state index contributed by atoms with van der Waals surface area (Å²) >= 11 is 0. The number of nitrogens with one attached hydrogen (secondary N) is 1. The largest absolute Gasteiger partial charge is 0.493 e. The molecule has 8 heteroatoms. The topological polar surface area (TPSA) is 83.2 Å². The van der Waals surface area contributed by atoms with Gasteiger partial charge in [-0.3, -0.25) is 9.48 Å². The van der Waals surface area contributed by atoms with Crippen molar-refractivity contribution in [3.05, 3.63) is 109 Å². The summed E-state index contributed by atoms with van der Waals surface area (Å²) in [5.74, 6) is 0.863. The zero-order chi connectivity index (χ0) is 24.9. The Morgan fingerprint density at radius 3 is 2.50 bits per heavy atom. The molecule has 0 aliphatic rings. The molecule has 0 aliphatic heterocycles. The van der Waals surface area contributed by atoms with E-state index in [-0.39, 0.29) is 5.91 Å². The first-order valence-electron chi connectivity index (χ1n) is 11.4. The molecular weight excluding hydrogens is 454 g/mol. The van der Waals surface area contributed by atoms with Crippen molar-refractivity contribution >= 4 is 11.6 Å². The molecule has 36 heavy (non-hydrogen) atoms. The van der Waals surface area contributed by atoms with Crippen molar-refractivity contribution < 1.29 is 14.3 Å². The van der Waals surface area contributed by atoms with E-state index in [0.29, 0.717) is 35.0 Å². The van der Waals surface area contributed by atoms with Gasteiger partial charge in [-0.1, -0.05) is 36.4 Å². The second-order valence-electron chi connectivity index (χ2n) is 8.10. The first-order chi connectivity index (χ1) is 17.6. The van der Waals surface area contributed by atoms with Crippen LogP contribution >= 0.6 is 0 Å². The summed E-state index contributed by atoms with van der Waals surface area (Å²) in [6.45, 7) is 0.607. The molecule has 0 bridgehead atoms. The quantitative estimate of drug-likeness (QED) is 0.337. The molecule has 5 rings (SSSR count). The Labute approximate surface area is 208 Å². The molecule has 2 aromatic heterocycles. The molecule has 5 aromatic rings. The van der Waals surface area contributed by atoms with Gasteiger partial charge in [-0.15, -0.1) is 0 Å². The third-order valence-corrected chi connectivity index (χ3v) is 5.73. The fourth-order valence-corrected chi connectivity index (χ4v) is 3.99. The van der Waals surface area contributed by atoms with Crippen LogP contribution in [0.4, 0.5) is 5.69 Å². The number of hydrogen-bond acceptors (Lipinski definition) is 5. The van der Waals surface area contributed by atoms with Crippen molar-refractivity contribution in [3.63, 3.8) is 0 Å². The summed E-state index contributed by atoms with van der Waals surface area (Å²) in [5, 5.41) is 11.9. The Bertz CT molecular complexity index is 1480. The lowest BCUT2D eigenvalue weighted by molar-refractivity contribution is 0.102. The van der Waals surface area contributed by atoms with Gasteiger partial charge in [0.1, 0.15) is 0 Å². The van der Waals surface area contributed by atoms with E-state index in [2.05, 4.69) is 15.5 Å². The number of para-hydroxylation sites is 1. The maximum absolute atomic E-state index is 13.5. The fraction of sp³-hybridized carbons (Fsp3) is 0.107. The lowest BCUT2D eigenvalue weighted by atomic mass is 10.1. The number of amides is 1. The van der Waals surface area contributed by atoms with Crippen LogP contribution < -0.4 is 14.8 Å². The van der Waals surface area contributed by atoms with Gasteiger partial charge in [0.05, 0.1) is 26.5 Å². The molecule has 8 nitrogen and oxygen atoms in total. The molecule has 3 aromatic carbocycles. The monoisotopic (exact) mass is 479 g/mol. The number of carbonyl (C=O) groups excluding carboxylic acids is 1. The maximum Gasteiger partial charge on any atom is 0.276 e. The van der Waals surface area contributed by atoms with E-state index < -0.39 is 0 Å². The van der Waals surface area contributed by atoms with Crippen LogP contribution in [0.25, 0.3) is 16.8 Å². The molecule has 2 heterocycles. The lowest BCUT2D eigenvalue weighted by Crippen LogP contribution is -2.14. The van der Waals surface area contributed by atoms with Gasteiger partial charge in [-0.2, -0.15) is 10.2 Å². The van der Waals surface area contributed by atoms with Crippen LogP contribution in [0.3, 0.4) is 0 Å².